The van der Waals surface area contributed by atoms with E-state index in [4.69, 9.17) is 19.3 Å². The lowest BCUT2D eigenvalue weighted by atomic mass is 10.3. The number of ether oxygens (including phenoxy) is 3. The molecule has 0 rings (SSSR count). The van der Waals surface area contributed by atoms with Gasteiger partial charge in [0, 0.05) is 0 Å². The summed E-state index contributed by atoms with van der Waals surface area (Å²) in [5.74, 6) is 0.646. The summed E-state index contributed by atoms with van der Waals surface area (Å²) in [6.45, 7) is 5.53. The molecule has 1 N–H and O–H groups in total. The Balaban J connectivity index is 3.84. The van der Waals surface area contributed by atoms with Crippen LogP contribution in [0.25, 0.3) is 0 Å². The molecule has 0 aromatic carbocycles. The van der Waals surface area contributed by atoms with Crippen LogP contribution in [0, 0.1) is 0 Å². The predicted molar refractivity (Wildman–Crippen MR) is 53.6 cm³/mol. The predicted octanol–water partition coefficient (Wildman–Crippen LogP) is 1.64. The summed E-state index contributed by atoms with van der Waals surface area (Å²) in [6.07, 6.45) is 1.72. The lowest BCUT2D eigenvalue weighted by Crippen LogP contribution is -2.24. The lowest BCUT2D eigenvalue weighted by molar-refractivity contribution is -0.149. The van der Waals surface area contributed by atoms with Gasteiger partial charge >= 0.3 is 0 Å². The molecule has 0 spiro atoms. The molecule has 4 heteroatoms. The van der Waals surface area contributed by atoms with Crippen LogP contribution in [0.15, 0.2) is 12.0 Å². The largest absolute Gasteiger partial charge is 0.501 e. The van der Waals surface area contributed by atoms with E-state index in [-0.39, 0.29) is 19.0 Å². The topological polar surface area (TPSA) is 47.9 Å². The second-order valence-electron chi connectivity index (χ2n) is 3.00. The van der Waals surface area contributed by atoms with E-state index < -0.39 is 0 Å². The molecule has 0 aliphatic rings. The van der Waals surface area contributed by atoms with Gasteiger partial charge in [-0.3, -0.25) is 0 Å². The Bertz CT molecular complexity index is 164. The molecule has 0 saturated carbocycles. The molecule has 84 valence electrons. The molecule has 0 aliphatic carbocycles. The number of hydrogen-bond donors (Lipinski definition) is 1. The van der Waals surface area contributed by atoms with E-state index in [0.717, 1.165) is 6.42 Å². The van der Waals surface area contributed by atoms with Gasteiger partial charge in [0.15, 0.2) is 6.29 Å². The van der Waals surface area contributed by atoms with Crippen molar-refractivity contribution >= 4 is 0 Å². The number of aliphatic hydroxyl groups is 1. The zero-order valence-corrected chi connectivity index (χ0v) is 9.32. The number of methoxy groups -OCH3 is 1. The first-order chi connectivity index (χ1) is 6.63. The zero-order chi connectivity index (χ0) is 11.0. The fraction of sp³-hybridized carbons (Fsp3) is 0.800. The molecule has 0 aromatic rings. The van der Waals surface area contributed by atoms with Crippen LogP contribution in [0.5, 0.6) is 0 Å². The summed E-state index contributed by atoms with van der Waals surface area (Å²) >= 11 is 0. The van der Waals surface area contributed by atoms with Crippen LogP contribution < -0.4 is 0 Å². The summed E-state index contributed by atoms with van der Waals surface area (Å²) in [5, 5.41) is 8.89. The first-order valence-corrected chi connectivity index (χ1v) is 4.76. The highest BCUT2D eigenvalue weighted by Crippen LogP contribution is 2.07. The average molecular weight is 204 g/mol. The standard InChI is InChI=1S/C10H20O4/c1-5-10(6-11)14-9(3)13-8(2)7-12-4/h7,9-11H,5-6H2,1-4H3/b8-7-. The molecule has 4 nitrogen and oxygen atoms in total. The van der Waals surface area contributed by atoms with Gasteiger partial charge < -0.3 is 19.3 Å². The molecule has 0 aromatic heterocycles. The minimum atomic E-state index is -0.376. The van der Waals surface area contributed by atoms with Crippen LogP contribution in [-0.4, -0.2) is 31.2 Å². The van der Waals surface area contributed by atoms with Crippen molar-refractivity contribution in [2.75, 3.05) is 13.7 Å². The van der Waals surface area contributed by atoms with E-state index in [9.17, 15) is 0 Å². The maximum absolute atomic E-state index is 8.89. The minimum Gasteiger partial charge on any atom is -0.501 e. The lowest BCUT2D eigenvalue weighted by Gasteiger charge is -2.20. The first-order valence-electron chi connectivity index (χ1n) is 4.76. The van der Waals surface area contributed by atoms with Crippen molar-refractivity contribution in [3.63, 3.8) is 0 Å². The van der Waals surface area contributed by atoms with Gasteiger partial charge in [-0.2, -0.15) is 0 Å². The zero-order valence-electron chi connectivity index (χ0n) is 9.32. The quantitative estimate of drug-likeness (QED) is 0.506. The van der Waals surface area contributed by atoms with Crippen molar-refractivity contribution in [1.29, 1.82) is 0 Å². The van der Waals surface area contributed by atoms with Gasteiger partial charge in [0.1, 0.15) is 12.0 Å². The van der Waals surface area contributed by atoms with E-state index in [1.54, 1.807) is 21.0 Å². The minimum absolute atomic E-state index is 0.0112. The van der Waals surface area contributed by atoms with E-state index in [1.165, 1.54) is 6.26 Å². The highest BCUT2D eigenvalue weighted by Gasteiger charge is 2.11. The highest BCUT2D eigenvalue weighted by molar-refractivity contribution is 4.80. The molecule has 0 bridgehead atoms. The van der Waals surface area contributed by atoms with Crippen LogP contribution >= 0.6 is 0 Å². The van der Waals surface area contributed by atoms with Gasteiger partial charge in [0.05, 0.1) is 19.8 Å². The van der Waals surface area contributed by atoms with Crippen molar-refractivity contribution in [2.24, 2.45) is 0 Å². The van der Waals surface area contributed by atoms with Crippen molar-refractivity contribution in [3.8, 4) is 0 Å². The molecule has 2 unspecified atom stereocenters. The molecular weight excluding hydrogens is 184 g/mol. The third-order valence-electron chi connectivity index (χ3n) is 1.68. The molecule has 0 amide bonds. The second-order valence-corrected chi connectivity index (χ2v) is 3.00. The maximum Gasteiger partial charge on any atom is 0.197 e. The Morgan fingerprint density at radius 1 is 1.50 bits per heavy atom. The summed E-state index contributed by atoms with van der Waals surface area (Å²) in [6, 6.07) is 0. The highest BCUT2D eigenvalue weighted by atomic mass is 16.7. The van der Waals surface area contributed by atoms with E-state index in [0.29, 0.717) is 5.76 Å². The maximum atomic E-state index is 8.89. The Hall–Kier alpha value is -0.740. The summed E-state index contributed by atoms with van der Waals surface area (Å²) in [7, 11) is 1.56. The van der Waals surface area contributed by atoms with Crippen molar-refractivity contribution in [2.45, 2.75) is 39.6 Å². The molecule has 0 radical (unpaired) electrons. The second kappa shape index (κ2) is 7.64. The SMILES string of the molecule is CCC(CO)OC(C)O/C(C)=C\OC. The molecular formula is C10H20O4. The van der Waals surface area contributed by atoms with Gasteiger partial charge in [-0.1, -0.05) is 6.92 Å². The van der Waals surface area contributed by atoms with Crippen LogP contribution in [0.1, 0.15) is 27.2 Å². The monoisotopic (exact) mass is 204 g/mol. The Morgan fingerprint density at radius 3 is 2.57 bits per heavy atom. The summed E-state index contributed by atoms with van der Waals surface area (Å²) < 4.78 is 15.5. The van der Waals surface area contributed by atoms with Crippen LogP contribution in [0.3, 0.4) is 0 Å². The van der Waals surface area contributed by atoms with Gasteiger partial charge in [-0.05, 0) is 20.3 Å². The average Bonchev–Trinajstić information content (AvgIpc) is 2.14. The third-order valence-corrected chi connectivity index (χ3v) is 1.68. The summed E-state index contributed by atoms with van der Waals surface area (Å²) in [4.78, 5) is 0. The molecule has 2 atom stereocenters. The fourth-order valence-corrected chi connectivity index (χ4v) is 1.02. The van der Waals surface area contributed by atoms with Gasteiger partial charge in [0.25, 0.3) is 0 Å². The smallest absolute Gasteiger partial charge is 0.197 e. The molecule has 0 heterocycles. The van der Waals surface area contributed by atoms with Gasteiger partial charge in [-0.25, -0.2) is 0 Å². The first kappa shape index (κ1) is 13.3. The molecule has 14 heavy (non-hydrogen) atoms. The Morgan fingerprint density at radius 2 is 2.14 bits per heavy atom. The number of allylic oxidation sites excluding steroid dienone is 1. The fourth-order valence-electron chi connectivity index (χ4n) is 1.02. The Labute approximate surface area is 85.5 Å². The number of hydrogen-bond acceptors (Lipinski definition) is 4. The molecule has 0 aliphatic heterocycles. The molecule has 0 saturated heterocycles. The molecule has 0 fully saturated rings. The third kappa shape index (κ3) is 5.83. The van der Waals surface area contributed by atoms with Crippen LogP contribution in [0.4, 0.5) is 0 Å². The van der Waals surface area contributed by atoms with Crippen LogP contribution in [0.2, 0.25) is 0 Å². The normalized spacial score (nSPS) is 16.2. The van der Waals surface area contributed by atoms with Crippen molar-refractivity contribution in [1.82, 2.24) is 0 Å². The van der Waals surface area contributed by atoms with E-state index >= 15 is 0 Å². The van der Waals surface area contributed by atoms with E-state index in [2.05, 4.69) is 0 Å². The number of aliphatic hydroxyl groups excluding tert-OH is 1. The van der Waals surface area contributed by atoms with Gasteiger partial charge in [-0.15, -0.1) is 0 Å². The van der Waals surface area contributed by atoms with Crippen molar-refractivity contribution < 1.29 is 19.3 Å². The van der Waals surface area contributed by atoms with Crippen molar-refractivity contribution in [3.05, 3.63) is 12.0 Å². The van der Waals surface area contributed by atoms with E-state index in [1.807, 2.05) is 6.92 Å². The van der Waals surface area contributed by atoms with Crippen LogP contribution in [-0.2, 0) is 14.2 Å². The van der Waals surface area contributed by atoms with Gasteiger partial charge in [0.2, 0.25) is 0 Å². The summed E-state index contributed by atoms with van der Waals surface area (Å²) in [5.41, 5.74) is 0. The Kier molecular flexibility index (Phi) is 7.24. The number of rotatable bonds is 7.